The zero-order valence-corrected chi connectivity index (χ0v) is 16.8. The molecule has 1 aliphatic carbocycles. The van der Waals surface area contributed by atoms with Crippen molar-refractivity contribution in [2.24, 2.45) is 0 Å². The number of halogens is 1. The number of benzene rings is 2. The highest BCUT2D eigenvalue weighted by Gasteiger charge is 2.19. The van der Waals surface area contributed by atoms with E-state index in [1.165, 1.54) is 12.0 Å². The molecular formula is C23H27ClN2O2. The second-order valence-electron chi connectivity index (χ2n) is 7.39. The zero-order chi connectivity index (χ0) is 19.8. The first-order valence-corrected chi connectivity index (χ1v) is 10.4. The van der Waals surface area contributed by atoms with Crippen LogP contribution in [0.5, 0.6) is 0 Å². The fraction of sp³-hybridized carbons (Fsp3) is 0.391. The Morgan fingerprint density at radius 3 is 2.50 bits per heavy atom. The number of rotatable bonds is 7. The molecule has 2 aromatic rings. The lowest BCUT2D eigenvalue weighted by molar-refractivity contribution is -0.116. The Bertz CT molecular complexity index is 802. The van der Waals surface area contributed by atoms with Gasteiger partial charge in [0.05, 0.1) is 10.6 Å². The molecule has 1 saturated carbocycles. The Labute approximate surface area is 171 Å². The van der Waals surface area contributed by atoms with E-state index in [0.29, 0.717) is 22.7 Å². The van der Waals surface area contributed by atoms with Crippen molar-refractivity contribution >= 4 is 29.1 Å². The molecule has 0 bridgehead atoms. The lowest BCUT2D eigenvalue weighted by Crippen LogP contribution is -2.36. The van der Waals surface area contributed by atoms with Gasteiger partial charge >= 0.3 is 0 Å². The summed E-state index contributed by atoms with van der Waals surface area (Å²) in [5.41, 5.74) is 2.24. The van der Waals surface area contributed by atoms with Crippen molar-refractivity contribution in [1.82, 2.24) is 5.32 Å². The van der Waals surface area contributed by atoms with E-state index >= 15 is 0 Å². The maximum Gasteiger partial charge on any atom is 0.253 e. The number of hydrogen-bond acceptors (Lipinski definition) is 2. The summed E-state index contributed by atoms with van der Waals surface area (Å²) in [7, 11) is 0. The smallest absolute Gasteiger partial charge is 0.253 e. The van der Waals surface area contributed by atoms with Crippen LogP contribution in [-0.2, 0) is 11.2 Å². The van der Waals surface area contributed by atoms with Crippen molar-refractivity contribution in [1.29, 1.82) is 0 Å². The maximum absolute atomic E-state index is 12.6. The molecule has 0 aromatic heterocycles. The van der Waals surface area contributed by atoms with Crippen LogP contribution in [0.3, 0.4) is 0 Å². The van der Waals surface area contributed by atoms with Crippen molar-refractivity contribution in [3.05, 3.63) is 64.7 Å². The first-order chi connectivity index (χ1) is 13.6. The first kappa shape index (κ1) is 20.4. The minimum atomic E-state index is -0.169. The van der Waals surface area contributed by atoms with Crippen LogP contribution < -0.4 is 10.6 Å². The highest BCUT2D eigenvalue weighted by molar-refractivity contribution is 6.34. The average Bonchev–Trinajstić information content (AvgIpc) is 2.71. The third-order valence-corrected chi connectivity index (χ3v) is 5.48. The van der Waals surface area contributed by atoms with Crippen LogP contribution in [0.4, 0.5) is 5.69 Å². The van der Waals surface area contributed by atoms with Gasteiger partial charge in [-0.2, -0.15) is 0 Å². The standard InChI is InChI=1S/C23H27ClN2O2/c24-21-15-14-19(16-20(21)23(28)26-18-11-5-2-6-12-18)25-22(27)13-7-10-17-8-3-1-4-9-17/h1,3-4,8-9,14-16,18H,2,5-7,10-13H2,(H,25,27)(H,26,28). The maximum atomic E-state index is 12.6. The number of anilines is 1. The summed E-state index contributed by atoms with van der Waals surface area (Å²) in [5.74, 6) is -0.228. The van der Waals surface area contributed by atoms with Crippen molar-refractivity contribution in [2.45, 2.75) is 57.4 Å². The fourth-order valence-corrected chi connectivity index (χ4v) is 3.81. The van der Waals surface area contributed by atoms with Crippen LogP contribution in [0.1, 0.15) is 60.9 Å². The van der Waals surface area contributed by atoms with Gasteiger partial charge in [-0.15, -0.1) is 0 Å². The number of amides is 2. The molecule has 0 heterocycles. The zero-order valence-electron chi connectivity index (χ0n) is 16.0. The van der Waals surface area contributed by atoms with Crippen molar-refractivity contribution < 1.29 is 9.59 Å². The third kappa shape index (κ3) is 6.10. The summed E-state index contributed by atoms with van der Waals surface area (Å²) in [6.07, 6.45) is 7.64. The van der Waals surface area contributed by atoms with E-state index < -0.39 is 0 Å². The molecule has 1 fully saturated rings. The van der Waals surface area contributed by atoms with Gasteiger partial charge in [0.2, 0.25) is 5.91 Å². The Morgan fingerprint density at radius 1 is 1.00 bits per heavy atom. The van der Waals surface area contributed by atoms with Crippen LogP contribution >= 0.6 is 11.6 Å². The molecule has 0 saturated heterocycles. The lowest BCUT2D eigenvalue weighted by Gasteiger charge is -2.23. The summed E-state index contributed by atoms with van der Waals surface area (Å²) in [4.78, 5) is 24.8. The average molecular weight is 399 g/mol. The van der Waals surface area contributed by atoms with E-state index in [0.717, 1.165) is 38.5 Å². The van der Waals surface area contributed by atoms with E-state index in [-0.39, 0.29) is 17.9 Å². The molecular weight excluding hydrogens is 372 g/mol. The molecule has 3 rings (SSSR count). The van der Waals surface area contributed by atoms with Crippen LogP contribution in [0.15, 0.2) is 48.5 Å². The highest BCUT2D eigenvalue weighted by Crippen LogP contribution is 2.23. The summed E-state index contributed by atoms with van der Waals surface area (Å²) in [6, 6.07) is 15.4. The Hall–Kier alpha value is -2.33. The van der Waals surface area contributed by atoms with Gasteiger partial charge in [0.1, 0.15) is 0 Å². The number of nitrogens with one attached hydrogen (secondary N) is 2. The summed E-state index contributed by atoms with van der Waals surface area (Å²) < 4.78 is 0. The molecule has 0 aliphatic heterocycles. The van der Waals surface area contributed by atoms with Gasteiger partial charge in [-0.3, -0.25) is 9.59 Å². The van der Waals surface area contributed by atoms with Crippen molar-refractivity contribution in [2.75, 3.05) is 5.32 Å². The summed E-state index contributed by atoms with van der Waals surface area (Å²) in [6.45, 7) is 0. The molecule has 28 heavy (non-hydrogen) atoms. The normalized spacial score (nSPS) is 14.5. The Morgan fingerprint density at radius 2 is 1.75 bits per heavy atom. The number of aryl methyl sites for hydroxylation is 1. The Kier molecular flexibility index (Phi) is 7.49. The fourth-order valence-electron chi connectivity index (χ4n) is 3.61. The molecule has 0 radical (unpaired) electrons. The third-order valence-electron chi connectivity index (χ3n) is 5.15. The van der Waals surface area contributed by atoms with Crippen LogP contribution in [0, 0.1) is 0 Å². The molecule has 2 aromatic carbocycles. The van der Waals surface area contributed by atoms with Crippen LogP contribution in [0.2, 0.25) is 5.02 Å². The van der Waals surface area contributed by atoms with Crippen molar-refractivity contribution in [3.8, 4) is 0 Å². The first-order valence-electron chi connectivity index (χ1n) is 10.1. The highest BCUT2D eigenvalue weighted by atomic mass is 35.5. The van der Waals surface area contributed by atoms with E-state index in [9.17, 15) is 9.59 Å². The van der Waals surface area contributed by atoms with Gasteiger partial charge < -0.3 is 10.6 Å². The molecule has 2 amide bonds. The second-order valence-corrected chi connectivity index (χ2v) is 7.80. The molecule has 0 spiro atoms. The molecule has 0 atom stereocenters. The van der Waals surface area contributed by atoms with Gasteiger partial charge in [0, 0.05) is 18.2 Å². The van der Waals surface area contributed by atoms with Gasteiger partial charge in [-0.05, 0) is 49.4 Å². The van der Waals surface area contributed by atoms with Gasteiger partial charge in [0.15, 0.2) is 0 Å². The summed E-state index contributed by atoms with van der Waals surface area (Å²) in [5, 5.41) is 6.35. The minimum Gasteiger partial charge on any atom is -0.349 e. The summed E-state index contributed by atoms with van der Waals surface area (Å²) >= 11 is 6.22. The topological polar surface area (TPSA) is 58.2 Å². The predicted molar refractivity (Wildman–Crippen MR) is 114 cm³/mol. The SMILES string of the molecule is O=C(CCCc1ccccc1)Nc1ccc(Cl)c(C(=O)NC2CCCCC2)c1. The molecule has 148 valence electrons. The van der Waals surface area contributed by atoms with E-state index in [2.05, 4.69) is 22.8 Å². The predicted octanol–water partition coefficient (Wildman–Crippen LogP) is 5.36. The quantitative estimate of drug-likeness (QED) is 0.659. The van der Waals surface area contributed by atoms with Gasteiger partial charge in [-0.25, -0.2) is 0 Å². The van der Waals surface area contributed by atoms with Gasteiger partial charge in [-0.1, -0.05) is 61.2 Å². The van der Waals surface area contributed by atoms with E-state index in [1.54, 1.807) is 18.2 Å². The number of hydrogen-bond donors (Lipinski definition) is 2. The molecule has 1 aliphatic rings. The van der Waals surface area contributed by atoms with Gasteiger partial charge in [0.25, 0.3) is 5.91 Å². The van der Waals surface area contributed by atoms with Crippen molar-refractivity contribution in [3.63, 3.8) is 0 Å². The number of carbonyl (C=O) groups excluding carboxylic acids is 2. The lowest BCUT2D eigenvalue weighted by atomic mass is 9.95. The van der Waals surface area contributed by atoms with Crippen LogP contribution in [0.25, 0.3) is 0 Å². The largest absolute Gasteiger partial charge is 0.349 e. The molecule has 2 N–H and O–H groups in total. The minimum absolute atomic E-state index is 0.0584. The monoisotopic (exact) mass is 398 g/mol. The molecule has 5 heteroatoms. The van der Waals surface area contributed by atoms with Crippen LogP contribution in [-0.4, -0.2) is 17.9 Å². The van der Waals surface area contributed by atoms with E-state index in [4.69, 9.17) is 11.6 Å². The Balaban J connectivity index is 1.53. The molecule has 0 unspecified atom stereocenters. The second kappa shape index (κ2) is 10.3. The number of carbonyl (C=O) groups is 2. The van der Waals surface area contributed by atoms with E-state index in [1.807, 2.05) is 18.2 Å². The molecule has 4 nitrogen and oxygen atoms in total.